The minimum Gasteiger partial charge on any atom is -0.339 e. The fourth-order valence-electron chi connectivity index (χ4n) is 6.03. The molecule has 8 nitrogen and oxygen atoms in total. The minimum atomic E-state index is -5.01. The van der Waals surface area contributed by atoms with E-state index in [9.17, 15) is 28.7 Å². The maximum Gasteiger partial charge on any atom is 0.340 e. The van der Waals surface area contributed by atoms with Gasteiger partial charge in [-0.15, -0.1) is 0 Å². The lowest BCUT2D eigenvalue weighted by molar-refractivity contribution is -0.111. The molecule has 1 amide bonds. The van der Waals surface area contributed by atoms with Gasteiger partial charge in [0.1, 0.15) is 11.9 Å². The molecule has 5 rings (SSSR count). The van der Waals surface area contributed by atoms with Crippen molar-refractivity contribution in [2.24, 2.45) is 5.92 Å². The van der Waals surface area contributed by atoms with E-state index in [1.54, 1.807) is 48.3 Å². The molecule has 1 aliphatic rings. The average Bonchev–Trinajstić information content (AvgIpc) is 2.99. The van der Waals surface area contributed by atoms with Gasteiger partial charge in [-0.05, 0) is 52.1 Å². The molecule has 0 bridgehead atoms. The zero-order valence-electron chi connectivity index (χ0n) is 23.7. The molecule has 1 fully saturated rings. The molecule has 9 heteroatoms. The Hall–Kier alpha value is -3.68. The molecule has 4 aromatic rings. The van der Waals surface area contributed by atoms with E-state index in [4.69, 9.17) is 0 Å². The monoisotopic (exact) mass is 586 g/mol. The van der Waals surface area contributed by atoms with Crippen molar-refractivity contribution in [2.45, 2.75) is 31.5 Å². The van der Waals surface area contributed by atoms with Crippen LogP contribution in [0.15, 0.2) is 78.9 Å². The number of rotatable bonds is 9. The van der Waals surface area contributed by atoms with Gasteiger partial charge < -0.3 is 24.4 Å². The molecule has 218 valence electrons. The number of benzene rings is 4. The van der Waals surface area contributed by atoms with Gasteiger partial charge in [-0.3, -0.25) is 14.2 Å². The van der Waals surface area contributed by atoms with Crippen LogP contribution in [0.5, 0.6) is 0 Å². The highest BCUT2D eigenvalue weighted by atomic mass is 31.2. The minimum absolute atomic E-state index is 0.0101. The smallest absolute Gasteiger partial charge is 0.339 e. The Labute approximate surface area is 245 Å². The van der Waals surface area contributed by atoms with Crippen molar-refractivity contribution in [1.29, 1.82) is 0 Å². The number of carbonyl (C=O) groups excluding carboxylic acids is 3. The van der Waals surface area contributed by atoms with Gasteiger partial charge >= 0.3 is 7.60 Å². The molecular formula is C33H35N2O6P. The van der Waals surface area contributed by atoms with Crippen LogP contribution >= 0.6 is 7.60 Å². The molecule has 0 spiro atoms. The number of carbonyl (C=O) groups is 3. The third-order valence-corrected chi connectivity index (χ3v) is 9.47. The Bertz CT molecular complexity index is 1690. The van der Waals surface area contributed by atoms with Crippen molar-refractivity contribution in [3.8, 4) is 0 Å². The first-order chi connectivity index (χ1) is 20.1. The Kier molecular flexibility index (Phi) is 8.71. The predicted octanol–water partition coefficient (Wildman–Crippen LogP) is 5.47. The molecular weight excluding hydrogens is 551 g/mol. The van der Waals surface area contributed by atoms with E-state index in [0.29, 0.717) is 30.2 Å². The number of nitrogens with zero attached hydrogens (tertiary/aromatic N) is 2. The first-order valence-electron chi connectivity index (χ1n) is 14.1. The van der Waals surface area contributed by atoms with Crippen LogP contribution in [0, 0.1) is 5.92 Å². The van der Waals surface area contributed by atoms with E-state index in [1.807, 2.05) is 49.4 Å². The van der Waals surface area contributed by atoms with Crippen molar-refractivity contribution in [1.82, 2.24) is 9.80 Å². The van der Waals surface area contributed by atoms with E-state index < -0.39 is 19.0 Å². The summed E-state index contributed by atoms with van der Waals surface area (Å²) in [7, 11) is -3.30. The van der Waals surface area contributed by atoms with Crippen molar-refractivity contribution in [3.05, 3.63) is 95.6 Å². The SMILES string of the molecule is CC(C=O)CN1CCC(N(C)C(=O)c2cc3ccccc3cc2C(=O)C(c2cccc3ccccc23)P(=O)(O)O)CC1. The summed E-state index contributed by atoms with van der Waals surface area (Å²) in [5.74, 6) is -1.22. The maximum atomic E-state index is 14.3. The van der Waals surface area contributed by atoms with Crippen molar-refractivity contribution in [3.63, 3.8) is 0 Å². The molecule has 1 aliphatic heterocycles. The predicted molar refractivity (Wildman–Crippen MR) is 164 cm³/mol. The lowest BCUT2D eigenvalue weighted by atomic mass is 9.91. The summed E-state index contributed by atoms with van der Waals surface area (Å²) < 4.78 is 13.0. The summed E-state index contributed by atoms with van der Waals surface area (Å²) in [6.45, 7) is 4.04. The van der Waals surface area contributed by atoms with E-state index in [1.165, 1.54) is 0 Å². The summed E-state index contributed by atoms with van der Waals surface area (Å²) in [5, 5.41) is 2.77. The normalized spacial score (nSPS) is 16.3. The van der Waals surface area contributed by atoms with E-state index >= 15 is 0 Å². The number of aldehydes is 1. The average molecular weight is 587 g/mol. The van der Waals surface area contributed by atoms with Crippen molar-refractivity contribution >= 4 is 47.1 Å². The second kappa shape index (κ2) is 12.3. The molecule has 2 unspecified atom stereocenters. The third kappa shape index (κ3) is 6.08. The molecule has 0 aromatic heterocycles. The topological polar surface area (TPSA) is 115 Å². The maximum absolute atomic E-state index is 14.3. The molecule has 1 heterocycles. The van der Waals surface area contributed by atoms with Gasteiger partial charge in [0, 0.05) is 44.2 Å². The number of hydrogen-bond donors (Lipinski definition) is 2. The summed E-state index contributed by atoms with van der Waals surface area (Å²) >= 11 is 0. The van der Waals surface area contributed by atoms with Gasteiger partial charge in [0.2, 0.25) is 0 Å². The van der Waals surface area contributed by atoms with Gasteiger partial charge in [-0.25, -0.2) is 0 Å². The molecule has 0 radical (unpaired) electrons. The van der Waals surface area contributed by atoms with Crippen molar-refractivity contribution in [2.75, 3.05) is 26.7 Å². The van der Waals surface area contributed by atoms with Crippen LogP contribution in [0.4, 0.5) is 0 Å². The molecule has 2 atom stereocenters. The summed E-state index contributed by atoms with van der Waals surface area (Å²) in [5.41, 5.74) is -1.44. The first kappa shape index (κ1) is 29.8. The lowest BCUT2D eigenvalue weighted by Gasteiger charge is -2.37. The molecule has 4 aromatic carbocycles. The number of likely N-dealkylation sites (tertiary alicyclic amines) is 1. The molecule has 2 N–H and O–H groups in total. The van der Waals surface area contributed by atoms with E-state index in [-0.39, 0.29) is 34.6 Å². The van der Waals surface area contributed by atoms with Crippen LogP contribution < -0.4 is 0 Å². The third-order valence-electron chi connectivity index (χ3n) is 8.29. The van der Waals surface area contributed by atoms with Crippen molar-refractivity contribution < 1.29 is 28.7 Å². The highest BCUT2D eigenvalue weighted by Crippen LogP contribution is 2.55. The van der Waals surface area contributed by atoms with E-state index in [0.717, 1.165) is 30.1 Å². The van der Waals surface area contributed by atoms with Gasteiger partial charge in [-0.2, -0.15) is 0 Å². The highest BCUT2D eigenvalue weighted by molar-refractivity contribution is 7.53. The Morgan fingerprint density at radius 3 is 2.12 bits per heavy atom. The Morgan fingerprint density at radius 1 is 0.929 bits per heavy atom. The van der Waals surface area contributed by atoms with E-state index in [2.05, 4.69) is 4.90 Å². The number of ketones is 1. The molecule has 1 saturated heterocycles. The molecule has 42 heavy (non-hydrogen) atoms. The molecule has 0 aliphatic carbocycles. The van der Waals surface area contributed by atoms with Crippen LogP contribution in [-0.4, -0.2) is 70.3 Å². The molecule has 0 saturated carbocycles. The lowest BCUT2D eigenvalue weighted by Crippen LogP contribution is -2.46. The van der Waals surface area contributed by atoms with Crippen LogP contribution in [0.25, 0.3) is 21.5 Å². The number of hydrogen-bond acceptors (Lipinski definition) is 5. The number of amides is 1. The van der Waals surface area contributed by atoms with Gasteiger partial charge in [-0.1, -0.05) is 73.7 Å². The Morgan fingerprint density at radius 2 is 1.50 bits per heavy atom. The zero-order chi connectivity index (χ0) is 30.0. The number of piperidine rings is 1. The van der Waals surface area contributed by atoms with Crippen LogP contribution in [0.2, 0.25) is 0 Å². The van der Waals surface area contributed by atoms with Crippen LogP contribution in [0.3, 0.4) is 0 Å². The summed E-state index contributed by atoms with van der Waals surface area (Å²) in [6.07, 6.45) is 2.38. The van der Waals surface area contributed by atoms with Gasteiger partial charge in [0.25, 0.3) is 5.91 Å². The number of Topliss-reactive ketones (excluding diaryl/α,β-unsaturated/α-hetero) is 1. The second-order valence-electron chi connectivity index (χ2n) is 11.2. The fraction of sp³-hybridized carbons (Fsp3) is 0.303. The Balaban J connectivity index is 1.54. The first-order valence-corrected chi connectivity index (χ1v) is 15.8. The standard InChI is InChI=1S/C33H35N2O6P/c1-22(21-36)20-35-16-14-26(15-17-35)34(2)33(38)30-19-25-10-4-3-9-24(25)18-29(30)31(37)32(42(39,40)41)28-13-7-11-23-8-5-6-12-27(23)28/h3-13,18-19,21-22,26,32H,14-17,20H2,1-2H3,(H2,39,40,41). The van der Waals surface area contributed by atoms with Crippen LogP contribution in [-0.2, 0) is 9.36 Å². The highest BCUT2D eigenvalue weighted by Gasteiger charge is 2.40. The summed E-state index contributed by atoms with van der Waals surface area (Å²) in [4.78, 5) is 64.4. The quantitative estimate of drug-likeness (QED) is 0.152. The second-order valence-corrected chi connectivity index (χ2v) is 12.9. The largest absolute Gasteiger partial charge is 0.340 e. The fourth-order valence-corrected chi connectivity index (χ4v) is 7.06. The van der Waals surface area contributed by atoms with Crippen LogP contribution in [0.1, 0.15) is 51.7 Å². The van der Waals surface area contributed by atoms with Gasteiger partial charge in [0.15, 0.2) is 5.78 Å². The number of fused-ring (bicyclic) bond motifs is 2. The summed E-state index contributed by atoms with van der Waals surface area (Å²) in [6, 6.07) is 22.7. The zero-order valence-corrected chi connectivity index (χ0v) is 24.6. The van der Waals surface area contributed by atoms with Gasteiger partial charge in [0.05, 0.1) is 5.56 Å².